The molecule has 0 saturated heterocycles. The highest BCUT2D eigenvalue weighted by Crippen LogP contribution is 2.28. The van der Waals surface area contributed by atoms with Crippen molar-refractivity contribution in [2.24, 2.45) is 0 Å². The summed E-state index contributed by atoms with van der Waals surface area (Å²) >= 11 is 0. The van der Waals surface area contributed by atoms with Crippen LogP contribution in [0.15, 0.2) is 36.4 Å². The number of ether oxygens (including phenoxy) is 1. The van der Waals surface area contributed by atoms with E-state index in [2.05, 4.69) is 10.6 Å². The van der Waals surface area contributed by atoms with Crippen molar-refractivity contribution >= 4 is 23.2 Å². The van der Waals surface area contributed by atoms with E-state index in [0.717, 1.165) is 12.1 Å². The third kappa shape index (κ3) is 3.68. The molecular weight excluding hydrogens is 318 g/mol. The van der Waals surface area contributed by atoms with Crippen LogP contribution in [0.5, 0.6) is 5.75 Å². The molecule has 0 saturated carbocycles. The molecule has 2 aromatic rings. The molecule has 1 aliphatic rings. The minimum Gasteiger partial charge on any atom is -0.491 e. The molecular formula is C17H14F2N2O3. The van der Waals surface area contributed by atoms with Crippen LogP contribution in [-0.4, -0.2) is 18.4 Å². The smallest absolute Gasteiger partial charge is 0.228 e. The van der Waals surface area contributed by atoms with E-state index in [1.807, 2.05) is 0 Å². The Morgan fingerprint density at radius 2 is 2.00 bits per heavy atom. The van der Waals surface area contributed by atoms with E-state index in [-0.39, 0.29) is 30.3 Å². The molecule has 5 nitrogen and oxygen atoms in total. The van der Waals surface area contributed by atoms with Gasteiger partial charge in [0.15, 0.2) is 11.6 Å². The number of benzene rings is 2. The van der Waals surface area contributed by atoms with Crippen LogP contribution < -0.4 is 15.4 Å². The number of halogens is 2. The molecule has 124 valence electrons. The quantitative estimate of drug-likeness (QED) is 0.908. The number of carbonyl (C=O) groups excluding carboxylic acids is 2. The van der Waals surface area contributed by atoms with Gasteiger partial charge in [-0.1, -0.05) is 6.07 Å². The zero-order valence-electron chi connectivity index (χ0n) is 12.6. The zero-order chi connectivity index (χ0) is 17.1. The number of anilines is 2. The third-order valence-corrected chi connectivity index (χ3v) is 3.47. The van der Waals surface area contributed by atoms with Gasteiger partial charge in [-0.3, -0.25) is 9.59 Å². The van der Waals surface area contributed by atoms with E-state index in [4.69, 9.17) is 4.74 Å². The molecule has 3 rings (SSSR count). The van der Waals surface area contributed by atoms with E-state index in [1.165, 1.54) is 6.07 Å². The molecule has 1 heterocycles. The topological polar surface area (TPSA) is 67.4 Å². The van der Waals surface area contributed by atoms with E-state index >= 15 is 0 Å². The summed E-state index contributed by atoms with van der Waals surface area (Å²) in [4.78, 5) is 23.6. The van der Waals surface area contributed by atoms with Crippen LogP contribution in [0, 0.1) is 11.6 Å². The second-order valence-electron chi connectivity index (χ2n) is 5.33. The Bertz CT molecular complexity index is 808. The van der Waals surface area contributed by atoms with Crippen LogP contribution in [0.2, 0.25) is 0 Å². The maximum Gasteiger partial charge on any atom is 0.228 e. The highest BCUT2D eigenvalue weighted by Gasteiger charge is 2.15. The van der Waals surface area contributed by atoms with Crippen molar-refractivity contribution in [2.45, 2.75) is 12.8 Å². The Labute approximate surface area is 136 Å². The molecule has 1 aliphatic heterocycles. The molecule has 24 heavy (non-hydrogen) atoms. The number of amides is 2. The SMILES string of the molecule is O=C(Cc1ccc2c(c1)NC(=O)CCO2)Nc1ccc(F)c(F)c1. The van der Waals surface area contributed by atoms with Crippen LogP contribution in [0.3, 0.4) is 0 Å². The molecule has 0 aromatic heterocycles. The maximum absolute atomic E-state index is 13.1. The lowest BCUT2D eigenvalue weighted by molar-refractivity contribution is -0.116. The molecule has 0 bridgehead atoms. The zero-order valence-corrected chi connectivity index (χ0v) is 12.6. The number of rotatable bonds is 3. The van der Waals surface area contributed by atoms with Crippen molar-refractivity contribution in [1.29, 1.82) is 0 Å². The van der Waals surface area contributed by atoms with Gasteiger partial charge in [0.2, 0.25) is 11.8 Å². The average Bonchev–Trinajstić information content (AvgIpc) is 2.71. The summed E-state index contributed by atoms with van der Waals surface area (Å²) in [6.45, 7) is 0.300. The number of hydrogen-bond acceptors (Lipinski definition) is 3. The first-order valence-corrected chi connectivity index (χ1v) is 7.32. The largest absolute Gasteiger partial charge is 0.491 e. The molecule has 2 N–H and O–H groups in total. The summed E-state index contributed by atoms with van der Waals surface area (Å²) in [5.41, 5.74) is 1.33. The van der Waals surface area contributed by atoms with Crippen molar-refractivity contribution in [3.05, 3.63) is 53.6 Å². The van der Waals surface area contributed by atoms with Crippen molar-refractivity contribution in [2.75, 3.05) is 17.2 Å². The fraction of sp³-hybridized carbons (Fsp3) is 0.176. The minimum absolute atomic E-state index is 0.0160. The van der Waals surface area contributed by atoms with Crippen molar-refractivity contribution in [3.63, 3.8) is 0 Å². The van der Waals surface area contributed by atoms with E-state index in [0.29, 0.717) is 23.6 Å². The fourth-order valence-corrected chi connectivity index (χ4v) is 2.34. The summed E-state index contributed by atoms with van der Waals surface area (Å²) in [5, 5.41) is 5.21. The van der Waals surface area contributed by atoms with Crippen molar-refractivity contribution in [3.8, 4) is 5.75 Å². The Balaban J connectivity index is 1.70. The third-order valence-electron chi connectivity index (χ3n) is 3.47. The minimum atomic E-state index is -1.03. The molecule has 2 aromatic carbocycles. The monoisotopic (exact) mass is 332 g/mol. The Hall–Kier alpha value is -2.96. The Morgan fingerprint density at radius 3 is 2.79 bits per heavy atom. The van der Waals surface area contributed by atoms with Gasteiger partial charge >= 0.3 is 0 Å². The van der Waals surface area contributed by atoms with Crippen LogP contribution >= 0.6 is 0 Å². The lowest BCUT2D eigenvalue weighted by atomic mass is 10.1. The van der Waals surface area contributed by atoms with Crippen molar-refractivity contribution in [1.82, 2.24) is 0 Å². The predicted molar refractivity (Wildman–Crippen MR) is 83.9 cm³/mol. The van der Waals surface area contributed by atoms with Gasteiger partial charge in [0, 0.05) is 11.8 Å². The van der Waals surface area contributed by atoms with E-state index in [1.54, 1.807) is 18.2 Å². The summed E-state index contributed by atoms with van der Waals surface area (Å²) in [6, 6.07) is 8.19. The molecule has 0 unspecified atom stereocenters. The summed E-state index contributed by atoms with van der Waals surface area (Å²) in [5.74, 6) is -2.00. The lowest BCUT2D eigenvalue weighted by Crippen LogP contribution is -2.15. The molecule has 0 atom stereocenters. The number of carbonyl (C=O) groups is 2. The average molecular weight is 332 g/mol. The summed E-state index contributed by atoms with van der Waals surface area (Å²) in [6.07, 6.45) is 0.281. The standard InChI is InChI=1S/C17H14F2N2O3/c18-12-3-2-11(9-13(12)19)20-17(23)8-10-1-4-15-14(7-10)21-16(22)5-6-24-15/h1-4,7,9H,5-6,8H2,(H,20,23)(H,21,22). The Kier molecular flexibility index (Phi) is 4.41. The first-order chi connectivity index (χ1) is 11.5. The summed E-state index contributed by atoms with van der Waals surface area (Å²) < 4.78 is 31.5. The highest BCUT2D eigenvalue weighted by molar-refractivity contribution is 5.94. The first-order valence-electron chi connectivity index (χ1n) is 7.32. The van der Waals surface area contributed by atoms with Gasteiger partial charge in [0.25, 0.3) is 0 Å². The van der Waals surface area contributed by atoms with Crippen LogP contribution in [0.25, 0.3) is 0 Å². The molecule has 0 aliphatic carbocycles. The normalized spacial score (nSPS) is 13.3. The van der Waals surface area contributed by atoms with E-state index < -0.39 is 11.6 Å². The maximum atomic E-state index is 13.1. The molecule has 0 fully saturated rings. The van der Waals surface area contributed by atoms with Gasteiger partial charge < -0.3 is 15.4 Å². The number of hydrogen-bond donors (Lipinski definition) is 2. The van der Waals surface area contributed by atoms with Gasteiger partial charge in [0.1, 0.15) is 5.75 Å². The molecule has 0 radical (unpaired) electrons. The Morgan fingerprint density at radius 1 is 1.17 bits per heavy atom. The lowest BCUT2D eigenvalue weighted by Gasteiger charge is -2.10. The fourth-order valence-electron chi connectivity index (χ4n) is 2.34. The van der Waals surface area contributed by atoms with Gasteiger partial charge in [0.05, 0.1) is 25.1 Å². The predicted octanol–water partition coefficient (Wildman–Crippen LogP) is 2.87. The first kappa shape index (κ1) is 15.9. The van der Waals surface area contributed by atoms with E-state index in [9.17, 15) is 18.4 Å². The number of fused-ring (bicyclic) bond motifs is 1. The molecule has 2 amide bonds. The van der Waals surface area contributed by atoms with Crippen LogP contribution in [0.4, 0.5) is 20.2 Å². The van der Waals surface area contributed by atoms with Crippen LogP contribution in [-0.2, 0) is 16.0 Å². The second kappa shape index (κ2) is 6.66. The van der Waals surface area contributed by atoms with Crippen LogP contribution in [0.1, 0.15) is 12.0 Å². The van der Waals surface area contributed by atoms with Crippen molar-refractivity contribution < 1.29 is 23.1 Å². The number of nitrogens with one attached hydrogen (secondary N) is 2. The van der Waals surface area contributed by atoms with Gasteiger partial charge in [-0.15, -0.1) is 0 Å². The highest BCUT2D eigenvalue weighted by atomic mass is 19.2. The van der Waals surface area contributed by atoms with Gasteiger partial charge in [-0.2, -0.15) is 0 Å². The second-order valence-corrected chi connectivity index (χ2v) is 5.33. The van der Waals surface area contributed by atoms with Gasteiger partial charge in [-0.25, -0.2) is 8.78 Å². The summed E-state index contributed by atoms with van der Waals surface area (Å²) in [7, 11) is 0. The van der Waals surface area contributed by atoms with Gasteiger partial charge in [-0.05, 0) is 29.8 Å². The molecule has 7 heteroatoms. The molecule has 0 spiro atoms.